The molecule has 14 heavy (non-hydrogen) atoms. The highest BCUT2D eigenvalue weighted by Crippen LogP contribution is 2.27. The molecule has 0 saturated heterocycles. The molecule has 0 radical (unpaired) electrons. The van der Waals surface area contributed by atoms with Crippen LogP contribution in [0.4, 0.5) is 0 Å². The molecule has 2 heterocycles. The largest absolute Gasteiger partial charge is 0.244 e. The third kappa shape index (κ3) is 1.45. The van der Waals surface area contributed by atoms with Gasteiger partial charge in [-0.05, 0) is 17.0 Å². The lowest BCUT2D eigenvalue weighted by Crippen LogP contribution is -2.12. The van der Waals surface area contributed by atoms with Gasteiger partial charge >= 0.3 is 0 Å². The first-order chi connectivity index (χ1) is 6.59. The van der Waals surface area contributed by atoms with Crippen LogP contribution >= 0.6 is 0 Å². The Morgan fingerprint density at radius 3 is 2.64 bits per heavy atom. The molecule has 0 saturated carbocycles. The van der Waals surface area contributed by atoms with Gasteiger partial charge in [0.05, 0.1) is 0 Å². The lowest BCUT2D eigenvalue weighted by Gasteiger charge is -2.20. The predicted molar refractivity (Wildman–Crippen MR) is 56.0 cm³/mol. The van der Waals surface area contributed by atoms with E-state index in [0.29, 0.717) is 0 Å². The summed E-state index contributed by atoms with van der Waals surface area (Å²) in [7, 11) is 0. The summed E-state index contributed by atoms with van der Waals surface area (Å²) in [5.74, 6) is 0. The Balaban J connectivity index is 2.78. The molecule has 0 aliphatic carbocycles. The first kappa shape index (κ1) is 9.06. The quantitative estimate of drug-likeness (QED) is 0.635. The molecule has 2 aromatic rings. The molecule has 0 spiro atoms. The van der Waals surface area contributed by atoms with Gasteiger partial charge < -0.3 is 0 Å². The first-order valence-electron chi connectivity index (χ1n) is 4.64. The maximum atomic E-state index is 4.20. The van der Waals surface area contributed by atoms with Crippen molar-refractivity contribution in [2.24, 2.45) is 0 Å². The van der Waals surface area contributed by atoms with E-state index in [9.17, 15) is 0 Å². The summed E-state index contributed by atoms with van der Waals surface area (Å²) in [6, 6.07) is 2.03. The molecular formula is C11H13N3. The van der Waals surface area contributed by atoms with Crippen LogP contribution in [0.2, 0.25) is 0 Å². The molecule has 0 unspecified atom stereocenters. The fourth-order valence-corrected chi connectivity index (χ4v) is 1.54. The van der Waals surface area contributed by atoms with Crippen LogP contribution in [0, 0.1) is 0 Å². The second-order valence-corrected chi connectivity index (χ2v) is 4.37. The van der Waals surface area contributed by atoms with Crippen molar-refractivity contribution in [3.63, 3.8) is 0 Å². The van der Waals surface area contributed by atoms with E-state index in [0.717, 1.165) is 11.0 Å². The molecule has 2 rings (SSSR count). The Labute approximate surface area is 83.2 Å². The topological polar surface area (TPSA) is 38.7 Å². The van der Waals surface area contributed by atoms with E-state index in [-0.39, 0.29) is 5.41 Å². The van der Waals surface area contributed by atoms with Gasteiger partial charge in [0.15, 0.2) is 5.65 Å². The molecule has 3 heteroatoms. The zero-order valence-corrected chi connectivity index (χ0v) is 8.65. The van der Waals surface area contributed by atoms with Crippen LogP contribution in [-0.2, 0) is 5.41 Å². The third-order valence-corrected chi connectivity index (χ3v) is 2.23. The van der Waals surface area contributed by atoms with E-state index < -0.39 is 0 Å². The van der Waals surface area contributed by atoms with Crippen molar-refractivity contribution in [2.45, 2.75) is 26.2 Å². The zero-order chi connectivity index (χ0) is 10.2. The van der Waals surface area contributed by atoms with Crippen molar-refractivity contribution >= 4 is 11.0 Å². The Bertz CT molecular complexity index is 452. The van der Waals surface area contributed by atoms with Crippen LogP contribution in [-0.4, -0.2) is 15.0 Å². The fraction of sp³-hybridized carbons (Fsp3) is 0.364. The number of hydrogen-bond donors (Lipinski definition) is 0. The summed E-state index contributed by atoms with van der Waals surface area (Å²) in [4.78, 5) is 12.4. The molecule has 0 amide bonds. The van der Waals surface area contributed by atoms with Gasteiger partial charge in [-0.25, -0.2) is 15.0 Å². The summed E-state index contributed by atoms with van der Waals surface area (Å²) in [6.07, 6.45) is 5.16. The molecule has 0 aliphatic heterocycles. The number of nitrogens with zero attached hydrogens (tertiary/aromatic N) is 3. The summed E-state index contributed by atoms with van der Waals surface area (Å²) in [6.45, 7) is 6.53. The molecule has 0 aliphatic rings. The Morgan fingerprint density at radius 2 is 1.93 bits per heavy atom. The van der Waals surface area contributed by atoms with E-state index in [4.69, 9.17) is 0 Å². The van der Waals surface area contributed by atoms with E-state index in [1.165, 1.54) is 11.9 Å². The monoisotopic (exact) mass is 187 g/mol. The van der Waals surface area contributed by atoms with Crippen molar-refractivity contribution in [2.75, 3.05) is 0 Å². The van der Waals surface area contributed by atoms with Crippen LogP contribution in [0.15, 0.2) is 24.8 Å². The van der Waals surface area contributed by atoms with E-state index in [1.807, 2.05) is 12.3 Å². The van der Waals surface area contributed by atoms with Crippen LogP contribution in [0.5, 0.6) is 0 Å². The second kappa shape index (κ2) is 3.01. The predicted octanol–water partition coefficient (Wildman–Crippen LogP) is 2.32. The first-order valence-corrected chi connectivity index (χ1v) is 4.64. The van der Waals surface area contributed by atoms with Crippen LogP contribution in [0.3, 0.4) is 0 Å². The summed E-state index contributed by atoms with van der Waals surface area (Å²) in [5, 5.41) is 1.04. The summed E-state index contributed by atoms with van der Waals surface area (Å²) < 4.78 is 0. The molecule has 0 atom stereocenters. The second-order valence-electron chi connectivity index (χ2n) is 4.37. The molecule has 3 nitrogen and oxygen atoms in total. The average Bonchev–Trinajstić information content (AvgIpc) is 2.15. The normalized spacial score (nSPS) is 11.9. The number of pyridine rings is 1. The van der Waals surface area contributed by atoms with Gasteiger partial charge in [0.1, 0.15) is 6.33 Å². The minimum atomic E-state index is 0.103. The molecule has 0 aromatic carbocycles. The van der Waals surface area contributed by atoms with Gasteiger partial charge in [-0.15, -0.1) is 0 Å². The van der Waals surface area contributed by atoms with Gasteiger partial charge in [-0.3, -0.25) is 0 Å². The van der Waals surface area contributed by atoms with Gasteiger partial charge in [-0.2, -0.15) is 0 Å². The Morgan fingerprint density at radius 1 is 1.14 bits per heavy atom. The van der Waals surface area contributed by atoms with Gasteiger partial charge in [0.2, 0.25) is 0 Å². The van der Waals surface area contributed by atoms with Crippen molar-refractivity contribution in [1.82, 2.24) is 15.0 Å². The smallest absolute Gasteiger partial charge is 0.162 e. The molecule has 0 N–H and O–H groups in total. The molecule has 2 aromatic heterocycles. The Hall–Kier alpha value is -1.51. The molecule has 0 bridgehead atoms. The lowest BCUT2D eigenvalue weighted by atomic mass is 9.86. The van der Waals surface area contributed by atoms with Crippen molar-refractivity contribution < 1.29 is 0 Å². The summed E-state index contributed by atoms with van der Waals surface area (Å²) >= 11 is 0. The minimum absolute atomic E-state index is 0.103. The van der Waals surface area contributed by atoms with Crippen LogP contribution < -0.4 is 0 Å². The van der Waals surface area contributed by atoms with Crippen molar-refractivity contribution in [1.29, 1.82) is 0 Å². The van der Waals surface area contributed by atoms with E-state index in [1.54, 1.807) is 6.20 Å². The Kier molecular flexibility index (Phi) is 1.95. The number of fused-ring (bicyclic) bond motifs is 1. The standard InChI is InChI=1S/C11H13N3/c1-11(2,3)9-4-5-13-10-8(9)6-12-7-14-10/h4-7H,1-3H3. The molecular weight excluding hydrogens is 174 g/mol. The molecule has 72 valence electrons. The van der Waals surface area contributed by atoms with Gasteiger partial charge in [-0.1, -0.05) is 20.8 Å². The highest BCUT2D eigenvalue weighted by Gasteiger charge is 2.17. The highest BCUT2D eigenvalue weighted by atomic mass is 14.9. The minimum Gasteiger partial charge on any atom is -0.244 e. The van der Waals surface area contributed by atoms with E-state index in [2.05, 4.69) is 35.7 Å². The number of aromatic nitrogens is 3. The fourth-order valence-electron chi connectivity index (χ4n) is 1.54. The lowest BCUT2D eigenvalue weighted by molar-refractivity contribution is 0.595. The highest BCUT2D eigenvalue weighted by molar-refractivity contribution is 5.78. The number of hydrogen-bond acceptors (Lipinski definition) is 3. The van der Waals surface area contributed by atoms with Gasteiger partial charge in [0, 0.05) is 17.8 Å². The summed E-state index contributed by atoms with van der Waals surface area (Å²) in [5.41, 5.74) is 2.11. The van der Waals surface area contributed by atoms with Crippen molar-refractivity contribution in [3.8, 4) is 0 Å². The van der Waals surface area contributed by atoms with Crippen LogP contribution in [0.25, 0.3) is 11.0 Å². The molecule has 0 fully saturated rings. The van der Waals surface area contributed by atoms with Crippen molar-refractivity contribution in [3.05, 3.63) is 30.4 Å². The SMILES string of the molecule is CC(C)(C)c1ccnc2ncncc12. The average molecular weight is 187 g/mol. The van der Waals surface area contributed by atoms with Gasteiger partial charge in [0.25, 0.3) is 0 Å². The van der Waals surface area contributed by atoms with E-state index >= 15 is 0 Å². The maximum Gasteiger partial charge on any atom is 0.162 e. The van der Waals surface area contributed by atoms with Crippen LogP contribution in [0.1, 0.15) is 26.3 Å². The third-order valence-electron chi connectivity index (χ3n) is 2.23. The zero-order valence-electron chi connectivity index (χ0n) is 8.65. The maximum absolute atomic E-state index is 4.20. The number of rotatable bonds is 0.